The summed E-state index contributed by atoms with van der Waals surface area (Å²) >= 11 is 0. The number of amides is 1. The van der Waals surface area contributed by atoms with Gasteiger partial charge in [0, 0.05) is 33.0 Å². The summed E-state index contributed by atoms with van der Waals surface area (Å²) in [7, 11) is 3.51. The molecule has 0 radical (unpaired) electrons. The fraction of sp³-hybridized carbons (Fsp3) is 0.750. The molecule has 12 heavy (non-hydrogen) atoms. The molecule has 0 aromatic rings. The Balaban J connectivity index is 3.36. The zero-order chi connectivity index (χ0) is 9.40. The molecular weight excluding hydrogens is 156 g/mol. The van der Waals surface area contributed by atoms with E-state index in [1.807, 2.05) is 11.9 Å². The average molecular weight is 172 g/mol. The summed E-state index contributed by atoms with van der Waals surface area (Å²) in [5, 5.41) is 2.54. The predicted octanol–water partition coefficient (Wildman–Crippen LogP) is -0.357. The highest BCUT2D eigenvalue weighted by Gasteiger charge is 2.01. The molecule has 0 bridgehead atoms. The van der Waals surface area contributed by atoms with Gasteiger partial charge in [-0.2, -0.15) is 0 Å². The summed E-state index contributed by atoms with van der Waals surface area (Å²) in [6.07, 6.45) is 1.91. The Bertz CT molecular complexity index is 148. The summed E-state index contributed by atoms with van der Waals surface area (Å²) in [5.41, 5.74) is 0. The van der Waals surface area contributed by atoms with E-state index in [9.17, 15) is 9.59 Å². The first-order chi connectivity index (χ1) is 5.70. The van der Waals surface area contributed by atoms with Crippen LogP contribution in [-0.2, 0) is 9.59 Å². The third-order valence-corrected chi connectivity index (χ3v) is 1.63. The van der Waals surface area contributed by atoms with Crippen LogP contribution in [0.15, 0.2) is 0 Å². The van der Waals surface area contributed by atoms with Crippen LogP contribution in [0.3, 0.4) is 0 Å². The first kappa shape index (κ1) is 11.1. The number of carbonyl (C=O) groups excluding carboxylic acids is 2. The first-order valence-electron chi connectivity index (χ1n) is 4.03. The standard InChI is InChI=1S/C8H16N2O2/c1-9-8(12)4-6-10(2)5-3-7-11/h7H,3-6H2,1-2H3,(H,9,12). The Morgan fingerprint density at radius 3 is 2.67 bits per heavy atom. The summed E-state index contributed by atoms with van der Waals surface area (Å²) in [5.74, 6) is 0.0351. The molecule has 0 aromatic carbocycles. The van der Waals surface area contributed by atoms with Crippen LogP contribution in [0.4, 0.5) is 0 Å². The van der Waals surface area contributed by atoms with Crippen LogP contribution in [0, 0.1) is 0 Å². The number of aldehydes is 1. The van der Waals surface area contributed by atoms with Gasteiger partial charge in [0.1, 0.15) is 6.29 Å². The Hall–Kier alpha value is -0.900. The number of carbonyl (C=O) groups is 2. The van der Waals surface area contributed by atoms with E-state index in [1.54, 1.807) is 7.05 Å². The van der Waals surface area contributed by atoms with Crippen LogP contribution < -0.4 is 5.32 Å². The minimum Gasteiger partial charge on any atom is -0.359 e. The van der Waals surface area contributed by atoms with Crippen LogP contribution >= 0.6 is 0 Å². The Morgan fingerprint density at radius 2 is 2.17 bits per heavy atom. The van der Waals surface area contributed by atoms with Crippen LogP contribution in [0.5, 0.6) is 0 Å². The molecule has 0 atom stereocenters. The van der Waals surface area contributed by atoms with Crippen molar-refractivity contribution in [3.8, 4) is 0 Å². The summed E-state index contributed by atoms with van der Waals surface area (Å²) in [4.78, 5) is 22.7. The van der Waals surface area contributed by atoms with Crippen molar-refractivity contribution in [3.63, 3.8) is 0 Å². The van der Waals surface area contributed by atoms with Gasteiger partial charge in [-0.1, -0.05) is 0 Å². The lowest BCUT2D eigenvalue weighted by atomic mass is 10.3. The third kappa shape index (κ3) is 5.85. The van der Waals surface area contributed by atoms with E-state index in [-0.39, 0.29) is 5.91 Å². The zero-order valence-electron chi connectivity index (χ0n) is 7.67. The fourth-order valence-corrected chi connectivity index (χ4v) is 0.802. The maximum atomic E-state index is 10.8. The number of rotatable bonds is 6. The summed E-state index contributed by atoms with van der Waals surface area (Å²) in [6.45, 7) is 1.42. The molecule has 70 valence electrons. The maximum Gasteiger partial charge on any atom is 0.221 e. The molecule has 1 N–H and O–H groups in total. The van der Waals surface area contributed by atoms with Gasteiger partial charge in [-0.3, -0.25) is 4.79 Å². The van der Waals surface area contributed by atoms with Crippen molar-refractivity contribution in [1.82, 2.24) is 10.2 Å². The van der Waals surface area contributed by atoms with Crippen LogP contribution in [0.2, 0.25) is 0 Å². The molecule has 1 amide bonds. The third-order valence-electron chi connectivity index (χ3n) is 1.63. The van der Waals surface area contributed by atoms with Gasteiger partial charge in [0.05, 0.1) is 0 Å². The van der Waals surface area contributed by atoms with Crippen molar-refractivity contribution in [3.05, 3.63) is 0 Å². The first-order valence-corrected chi connectivity index (χ1v) is 4.03. The van der Waals surface area contributed by atoms with E-state index in [1.165, 1.54) is 0 Å². The molecule has 0 saturated heterocycles. The molecule has 0 aliphatic carbocycles. The second-order valence-electron chi connectivity index (χ2n) is 2.68. The average Bonchev–Trinajstić information content (AvgIpc) is 2.10. The van der Waals surface area contributed by atoms with Crippen LogP contribution in [-0.4, -0.2) is 44.3 Å². The molecule has 0 rings (SSSR count). The van der Waals surface area contributed by atoms with Gasteiger partial charge in [0.2, 0.25) is 5.91 Å². The molecule has 0 aromatic heterocycles. The lowest BCUT2D eigenvalue weighted by Gasteiger charge is -2.13. The highest BCUT2D eigenvalue weighted by molar-refractivity contribution is 5.75. The van der Waals surface area contributed by atoms with E-state index in [0.29, 0.717) is 19.4 Å². The van der Waals surface area contributed by atoms with Gasteiger partial charge in [-0.25, -0.2) is 0 Å². The fourth-order valence-electron chi connectivity index (χ4n) is 0.802. The molecule has 4 nitrogen and oxygen atoms in total. The Labute approximate surface area is 72.9 Å². The molecule has 0 aliphatic heterocycles. The summed E-state index contributed by atoms with van der Waals surface area (Å²) in [6, 6.07) is 0. The van der Waals surface area contributed by atoms with Gasteiger partial charge >= 0.3 is 0 Å². The van der Waals surface area contributed by atoms with E-state index in [2.05, 4.69) is 5.32 Å². The molecule has 0 aliphatic rings. The van der Waals surface area contributed by atoms with Crippen LogP contribution in [0.25, 0.3) is 0 Å². The van der Waals surface area contributed by atoms with E-state index < -0.39 is 0 Å². The molecule has 0 heterocycles. The van der Waals surface area contributed by atoms with Gasteiger partial charge in [-0.15, -0.1) is 0 Å². The lowest BCUT2D eigenvalue weighted by Crippen LogP contribution is -2.27. The maximum absolute atomic E-state index is 10.8. The minimum absolute atomic E-state index is 0.0351. The number of nitrogens with one attached hydrogen (secondary N) is 1. The van der Waals surface area contributed by atoms with E-state index >= 15 is 0 Å². The van der Waals surface area contributed by atoms with Gasteiger partial charge in [-0.05, 0) is 7.05 Å². The molecule has 0 saturated carbocycles. The quantitative estimate of drug-likeness (QED) is 0.557. The zero-order valence-corrected chi connectivity index (χ0v) is 7.67. The van der Waals surface area contributed by atoms with Gasteiger partial charge < -0.3 is 15.0 Å². The normalized spacial score (nSPS) is 9.92. The van der Waals surface area contributed by atoms with Crippen molar-refractivity contribution in [2.75, 3.05) is 27.2 Å². The van der Waals surface area contributed by atoms with E-state index in [0.717, 1.165) is 12.8 Å². The second-order valence-corrected chi connectivity index (χ2v) is 2.68. The topological polar surface area (TPSA) is 49.4 Å². The highest BCUT2D eigenvalue weighted by Crippen LogP contribution is 1.88. The predicted molar refractivity (Wildman–Crippen MR) is 46.9 cm³/mol. The molecule has 0 fully saturated rings. The molecule has 4 heteroatoms. The number of nitrogens with zero attached hydrogens (tertiary/aromatic N) is 1. The SMILES string of the molecule is CNC(=O)CCN(C)CCC=O. The Morgan fingerprint density at radius 1 is 1.50 bits per heavy atom. The van der Waals surface area contributed by atoms with E-state index in [4.69, 9.17) is 0 Å². The largest absolute Gasteiger partial charge is 0.359 e. The highest BCUT2D eigenvalue weighted by atomic mass is 16.1. The Kier molecular flexibility index (Phi) is 6.28. The van der Waals surface area contributed by atoms with Gasteiger partial charge in [0.15, 0.2) is 0 Å². The van der Waals surface area contributed by atoms with Crippen molar-refractivity contribution in [2.45, 2.75) is 12.8 Å². The van der Waals surface area contributed by atoms with Crippen molar-refractivity contribution >= 4 is 12.2 Å². The van der Waals surface area contributed by atoms with Crippen molar-refractivity contribution < 1.29 is 9.59 Å². The molecular formula is C8H16N2O2. The summed E-state index contributed by atoms with van der Waals surface area (Å²) < 4.78 is 0. The van der Waals surface area contributed by atoms with Crippen LogP contribution in [0.1, 0.15) is 12.8 Å². The number of hydrogen-bond acceptors (Lipinski definition) is 3. The minimum atomic E-state index is 0.0351. The van der Waals surface area contributed by atoms with Gasteiger partial charge in [0.25, 0.3) is 0 Å². The van der Waals surface area contributed by atoms with Crippen molar-refractivity contribution in [2.24, 2.45) is 0 Å². The number of hydrogen-bond donors (Lipinski definition) is 1. The lowest BCUT2D eigenvalue weighted by molar-refractivity contribution is -0.120. The molecule has 0 unspecified atom stereocenters. The smallest absolute Gasteiger partial charge is 0.221 e. The molecule has 0 spiro atoms. The monoisotopic (exact) mass is 172 g/mol. The second kappa shape index (κ2) is 6.79. The van der Waals surface area contributed by atoms with Crippen molar-refractivity contribution in [1.29, 1.82) is 0 Å².